The van der Waals surface area contributed by atoms with Crippen LogP contribution < -0.4 is 5.32 Å². The molecule has 1 atom stereocenters. The maximum atomic E-state index is 12.0. The third kappa shape index (κ3) is 19.9. The van der Waals surface area contributed by atoms with E-state index in [1.54, 1.807) is 0 Å². The summed E-state index contributed by atoms with van der Waals surface area (Å²) < 4.78 is 0. The summed E-state index contributed by atoms with van der Waals surface area (Å²) >= 11 is 0. The Kier molecular flexibility index (Phi) is 18.3. The monoisotopic (exact) mass is 383 g/mol. The maximum absolute atomic E-state index is 12.0. The van der Waals surface area contributed by atoms with Gasteiger partial charge in [0.25, 0.3) is 0 Å². The Morgan fingerprint density at radius 1 is 0.815 bits per heavy atom. The van der Waals surface area contributed by atoms with E-state index >= 15 is 0 Å². The summed E-state index contributed by atoms with van der Waals surface area (Å²) in [6, 6.07) is 0. The molecule has 0 unspecified atom stereocenters. The van der Waals surface area contributed by atoms with Gasteiger partial charge in [-0.1, -0.05) is 58.8 Å². The predicted molar refractivity (Wildman–Crippen MR) is 119 cm³/mol. The number of hydrogen-bond donors (Lipinski definition) is 1. The number of rotatable bonds is 19. The van der Waals surface area contributed by atoms with E-state index in [4.69, 9.17) is 0 Å². The highest BCUT2D eigenvalue weighted by Gasteiger charge is 2.07. The van der Waals surface area contributed by atoms with Crippen LogP contribution in [0.4, 0.5) is 0 Å². The molecular weight excluding hydrogens is 334 g/mol. The predicted octanol–water partition coefficient (Wildman–Crippen LogP) is 4.93. The van der Waals surface area contributed by atoms with E-state index in [0.29, 0.717) is 12.3 Å². The molecule has 4 nitrogen and oxygen atoms in total. The molecule has 4 heteroatoms. The fourth-order valence-electron chi connectivity index (χ4n) is 3.38. The first-order valence-electron chi connectivity index (χ1n) is 11.6. The molecule has 0 saturated heterocycles. The van der Waals surface area contributed by atoms with Gasteiger partial charge >= 0.3 is 0 Å². The van der Waals surface area contributed by atoms with Crippen LogP contribution in [0.1, 0.15) is 90.9 Å². The summed E-state index contributed by atoms with van der Waals surface area (Å²) in [5, 5.41) is 3.09. The second-order valence-electron chi connectivity index (χ2n) is 8.72. The van der Waals surface area contributed by atoms with Gasteiger partial charge in [-0.25, -0.2) is 0 Å². The molecule has 27 heavy (non-hydrogen) atoms. The molecule has 0 bridgehead atoms. The Labute approximate surface area is 170 Å². The lowest BCUT2D eigenvalue weighted by molar-refractivity contribution is -0.121. The topological polar surface area (TPSA) is 35.6 Å². The van der Waals surface area contributed by atoms with E-state index in [2.05, 4.69) is 50.1 Å². The lowest BCUT2D eigenvalue weighted by Crippen LogP contribution is -2.29. The molecule has 0 spiro atoms. The van der Waals surface area contributed by atoms with Crippen molar-refractivity contribution in [1.82, 2.24) is 15.1 Å². The van der Waals surface area contributed by atoms with E-state index in [0.717, 1.165) is 32.5 Å². The fourth-order valence-corrected chi connectivity index (χ4v) is 3.38. The normalized spacial score (nSPS) is 12.7. The second-order valence-corrected chi connectivity index (χ2v) is 8.72. The average Bonchev–Trinajstić information content (AvgIpc) is 2.63. The molecule has 0 aromatic rings. The molecule has 0 fully saturated rings. The third-order valence-corrected chi connectivity index (χ3v) is 5.35. The molecule has 0 radical (unpaired) electrons. The van der Waals surface area contributed by atoms with Gasteiger partial charge in [-0.05, 0) is 72.4 Å². The van der Waals surface area contributed by atoms with Gasteiger partial charge in [-0.15, -0.1) is 0 Å². The zero-order chi connectivity index (χ0) is 20.3. The van der Waals surface area contributed by atoms with E-state index in [9.17, 15) is 4.79 Å². The van der Waals surface area contributed by atoms with Crippen molar-refractivity contribution in [3.8, 4) is 0 Å². The van der Waals surface area contributed by atoms with Crippen LogP contribution >= 0.6 is 0 Å². The lowest BCUT2D eigenvalue weighted by Gasteiger charge is -2.17. The number of nitrogens with zero attached hydrogens (tertiary/aromatic N) is 2. The van der Waals surface area contributed by atoms with Gasteiger partial charge in [0.2, 0.25) is 5.91 Å². The van der Waals surface area contributed by atoms with Gasteiger partial charge in [0, 0.05) is 13.0 Å². The van der Waals surface area contributed by atoms with E-state index in [1.807, 2.05) is 0 Å². The summed E-state index contributed by atoms with van der Waals surface area (Å²) in [4.78, 5) is 16.6. The van der Waals surface area contributed by atoms with Crippen LogP contribution in [0.2, 0.25) is 0 Å². The van der Waals surface area contributed by atoms with Gasteiger partial charge in [0.15, 0.2) is 0 Å². The third-order valence-electron chi connectivity index (χ3n) is 5.35. The van der Waals surface area contributed by atoms with Crippen LogP contribution in [0.5, 0.6) is 0 Å². The van der Waals surface area contributed by atoms with Crippen LogP contribution in [0.3, 0.4) is 0 Å². The highest BCUT2D eigenvalue weighted by Crippen LogP contribution is 2.16. The van der Waals surface area contributed by atoms with Crippen molar-refractivity contribution in [2.75, 3.05) is 47.3 Å². The average molecular weight is 384 g/mol. The Morgan fingerprint density at radius 3 is 2.15 bits per heavy atom. The largest absolute Gasteiger partial charge is 0.356 e. The van der Waals surface area contributed by atoms with Crippen molar-refractivity contribution < 1.29 is 4.79 Å². The van der Waals surface area contributed by atoms with Crippen LogP contribution in [-0.2, 0) is 4.79 Å². The Morgan fingerprint density at radius 2 is 1.44 bits per heavy atom. The van der Waals surface area contributed by atoms with Crippen molar-refractivity contribution in [1.29, 1.82) is 0 Å². The molecule has 0 aliphatic carbocycles. The summed E-state index contributed by atoms with van der Waals surface area (Å²) in [6.07, 6.45) is 14.7. The number of hydrogen-bond acceptors (Lipinski definition) is 3. The van der Waals surface area contributed by atoms with Crippen LogP contribution in [-0.4, -0.2) is 63.0 Å². The van der Waals surface area contributed by atoms with E-state index in [1.165, 1.54) is 64.3 Å². The molecule has 1 N–H and O–H groups in total. The molecule has 162 valence electrons. The minimum Gasteiger partial charge on any atom is -0.356 e. The quantitative estimate of drug-likeness (QED) is 0.321. The number of nitrogens with one attached hydrogen (secondary N) is 1. The molecule has 0 heterocycles. The highest BCUT2D eigenvalue weighted by atomic mass is 16.1. The second kappa shape index (κ2) is 18.7. The zero-order valence-corrected chi connectivity index (χ0v) is 19.2. The first-order valence-corrected chi connectivity index (χ1v) is 11.6. The zero-order valence-electron chi connectivity index (χ0n) is 19.2. The maximum Gasteiger partial charge on any atom is 0.220 e. The SMILES string of the molecule is CCCCCCCC[C@H](C)CCC(=O)NCCCN(C)CCCCN(C)C. The molecule has 0 aromatic carbocycles. The molecule has 0 aromatic heterocycles. The Bertz CT molecular complexity index is 334. The number of carbonyl (C=O) groups is 1. The van der Waals surface area contributed by atoms with Crippen molar-refractivity contribution in [3.63, 3.8) is 0 Å². The molecule has 0 aliphatic rings. The minimum absolute atomic E-state index is 0.235. The van der Waals surface area contributed by atoms with Crippen molar-refractivity contribution >= 4 is 5.91 Å². The van der Waals surface area contributed by atoms with Gasteiger partial charge in [-0.3, -0.25) is 4.79 Å². The van der Waals surface area contributed by atoms with Crippen molar-refractivity contribution in [2.24, 2.45) is 5.92 Å². The number of carbonyl (C=O) groups excluding carboxylic acids is 1. The van der Waals surface area contributed by atoms with Gasteiger partial charge < -0.3 is 15.1 Å². The van der Waals surface area contributed by atoms with Crippen LogP contribution in [0.25, 0.3) is 0 Å². The first kappa shape index (κ1) is 26.4. The van der Waals surface area contributed by atoms with E-state index < -0.39 is 0 Å². The summed E-state index contributed by atoms with van der Waals surface area (Å²) in [7, 11) is 6.44. The summed E-state index contributed by atoms with van der Waals surface area (Å²) in [6.45, 7) is 8.76. The standard InChI is InChI=1S/C23H49N3O/c1-6-7-8-9-10-11-15-22(2)16-17-23(27)24-18-14-21-26(5)20-13-12-19-25(3)4/h22H,6-21H2,1-5H3,(H,24,27)/t22-/m0/s1. The Hall–Kier alpha value is -0.610. The first-order chi connectivity index (χ1) is 13.0. The molecular formula is C23H49N3O. The van der Waals surface area contributed by atoms with Crippen LogP contribution in [0.15, 0.2) is 0 Å². The molecule has 0 rings (SSSR count). The highest BCUT2D eigenvalue weighted by molar-refractivity contribution is 5.75. The van der Waals surface area contributed by atoms with Gasteiger partial charge in [-0.2, -0.15) is 0 Å². The minimum atomic E-state index is 0.235. The van der Waals surface area contributed by atoms with Gasteiger partial charge in [0.05, 0.1) is 0 Å². The fraction of sp³-hybridized carbons (Fsp3) is 0.957. The number of unbranched alkanes of at least 4 members (excludes halogenated alkanes) is 6. The molecule has 0 saturated carbocycles. The summed E-state index contributed by atoms with van der Waals surface area (Å²) in [5.41, 5.74) is 0. The van der Waals surface area contributed by atoms with E-state index in [-0.39, 0.29) is 5.91 Å². The Balaban J connectivity index is 3.47. The van der Waals surface area contributed by atoms with Crippen molar-refractivity contribution in [2.45, 2.75) is 90.9 Å². The van der Waals surface area contributed by atoms with Crippen LogP contribution in [0, 0.1) is 5.92 Å². The smallest absolute Gasteiger partial charge is 0.220 e. The lowest BCUT2D eigenvalue weighted by atomic mass is 9.97. The van der Waals surface area contributed by atoms with Crippen molar-refractivity contribution in [3.05, 3.63) is 0 Å². The summed E-state index contributed by atoms with van der Waals surface area (Å²) in [5.74, 6) is 0.911. The van der Waals surface area contributed by atoms with Gasteiger partial charge in [0.1, 0.15) is 0 Å². The number of amides is 1. The molecule has 0 aliphatic heterocycles. The molecule has 1 amide bonds.